The van der Waals surface area contributed by atoms with E-state index in [1.54, 1.807) is 19.1 Å². The third kappa shape index (κ3) is 3.52. The van der Waals surface area contributed by atoms with Crippen LogP contribution in [0.5, 0.6) is 0 Å². The largest absolute Gasteiger partial charge is 0.449 e. The number of rotatable bonds is 4. The Morgan fingerprint density at radius 2 is 2.18 bits per heavy atom. The normalized spacial score (nSPS) is 17.2. The Balaban J connectivity index is 1.49. The molecule has 2 atom stereocenters. The molecule has 0 saturated carbocycles. The molecule has 4 rings (SSSR count). The highest BCUT2D eigenvalue weighted by atomic mass is 16.5. The van der Waals surface area contributed by atoms with Gasteiger partial charge in [0.05, 0.1) is 11.3 Å². The van der Waals surface area contributed by atoms with Crippen molar-refractivity contribution in [1.29, 1.82) is 0 Å². The second-order valence-corrected chi connectivity index (χ2v) is 7.56. The third-order valence-corrected chi connectivity index (χ3v) is 5.20. The third-order valence-electron chi connectivity index (χ3n) is 5.20. The van der Waals surface area contributed by atoms with E-state index < -0.39 is 18.0 Å². The topological polar surface area (TPSA) is 97.2 Å². The average Bonchev–Trinajstić information content (AvgIpc) is 3.23. The van der Waals surface area contributed by atoms with Crippen LogP contribution < -0.4 is 5.32 Å². The summed E-state index contributed by atoms with van der Waals surface area (Å²) in [7, 11) is 0. The van der Waals surface area contributed by atoms with Gasteiger partial charge >= 0.3 is 5.97 Å². The Hall–Kier alpha value is -3.09. The second-order valence-electron chi connectivity index (χ2n) is 7.56. The molecule has 0 fully saturated rings. The number of nitrogens with one attached hydrogen (secondary N) is 2. The van der Waals surface area contributed by atoms with Crippen LogP contribution in [0.4, 0.5) is 5.88 Å². The number of fused-ring (bicyclic) bond motifs is 3. The van der Waals surface area contributed by atoms with Gasteiger partial charge in [-0.1, -0.05) is 12.1 Å². The maximum Gasteiger partial charge on any atom is 0.338 e. The van der Waals surface area contributed by atoms with Gasteiger partial charge in [-0.3, -0.25) is 10.1 Å². The Kier molecular flexibility index (Phi) is 4.66. The van der Waals surface area contributed by atoms with Crippen molar-refractivity contribution < 1.29 is 18.8 Å². The molecule has 1 amide bonds. The SMILES string of the molecule is Cc1cc(NC(=O)[C@H](C)OC(=O)c2ccc3[nH]c4c(c3c2)C[C@@H](C)CC4)on1. The molecule has 2 N–H and O–H groups in total. The number of benzene rings is 1. The smallest absolute Gasteiger partial charge is 0.338 e. The molecule has 7 heteroatoms. The van der Waals surface area contributed by atoms with Gasteiger partial charge in [-0.15, -0.1) is 0 Å². The van der Waals surface area contributed by atoms with Gasteiger partial charge < -0.3 is 14.2 Å². The fraction of sp³-hybridized carbons (Fsp3) is 0.381. The fourth-order valence-corrected chi connectivity index (χ4v) is 3.65. The van der Waals surface area contributed by atoms with Crippen molar-refractivity contribution in [2.75, 3.05) is 5.32 Å². The molecule has 0 unspecified atom stereocenters. The number of aromatic amines is 1. The molecule has 7 nitrogen and oxygen atoms in total. The number of nitrogens with zero attached hydrogens (tertiary/aromatic N) is 1. The Morgan fingerprint density at radius 3 is 2.93 bits per heavy atom. The molecule has 2 aromatic heterocycles. The van der Waals surface area contributed by atoms with Gasteiger partial charge in [-0.05, 0) is 62.8 Å². The van der Waals surface area contributed by atoms with Gasteiger partial charge in [-0.2, -0.15) is 0 Å². The zero-order valence-corrected chi connectivity index (χ0v) is 16.2. The van der Waals surface area contributed by atoms with Crippen molar-refractivity contribution in [3.63, 3.8) is 0 Å². The molecular weight excluding hydrogens is 358 g/mol. The minimum Gasteiger partial charge on any atom is -0.449 e. The molecule has 0 radical (unpaired) electrons. The number of esters is 1. The molecule has 0 aliphatic heterocycles. The Labute approximate surface area is 162 Å². The van der Waals surface area contributed by atoms with E-state index >= 15 is 0 Å². The quantitative estimate of drug-likeness (QED) is 0.671. The van der Waals surface area contributed by atoms with E-state index in [-0.39, 0.29) is 5.88 Å². The summed E-state index contributed by atoms with van der Waals surface area (Å²) in [5.41, 5.74) is 4.66. The molecule has 3 aromatic rings. The zero-order valence-electron chi connectivity index (χ0n) is 16.2. The Bertz CT molecular complexity index is 1050. The molecular formula is C21H23N3O4. The van der Waals surface area contributed by atoms with Gasteiger partial charge in [-0.25, -0.2) is 4.79 Å². The fourth-order valence-electron chi connectivity index (χ4n) is 3.65. The average molecular weight is 381 g/mol. The predicted molar refractivity (Wildman–Crippen MR) is 104 cm³/mol. The van der Waals surface area contributed by atoms with Crippen LogP contribution in [0.15, 0.2) is 28.8 Å². The van der Waals surface area contributed by atoms with Crippen molar-refractivity contribution in [1.82, 2.24) is 10.1 Å². The first-order chi connectivity index (χ1) is 13.4. The highest BCUT2D eigenvalue weighted by Crippen LogP contribution is 2.32. The summed E-state index contributed by atoms with van der Waals surface area (Å²) in [6.07, 6.45) is 2.24. The van der Waals surface area contributed by atoms with E-state index in [0.29, 0.717) is 17.2 Å². The van der Waals surface area contributed by atoms with E-state index in [4.69, 9.17) is 9.26 Å². The standard InChI is InChI=1S/C21H23N3O4/c1-11-4-6-17-15(8-11)16-10-14(5-7-18(16)22-17)21(26)27-13(3)20(25)23-19-9-12(2)24-28-19/h5,7,9-11,13,22H,4,6,8H2,1-3H3,(H,23,25)/t11-,13-/m0/s1. The summed E-state index contributed by atoms with van der Waals surface area (Å²) in [6, 6.07) is 7.07. The molecule has 1 aliphatic rings. The lowest BCUT2D eigenvalue weighted by Gasteiger charge is -2.18. The Morgan fingerprint density at radius 1 is 1.36 bits per heavy atom. The molecule has 0 bridgehead atoms. The van der Waals surface area contributed by atoms with Crippen LogP contribution in [0.1, 0.15) is 47.6 Å². The summed E-state index contributed by atoms with van der Waals surface area (Å²) in [5.74, 6) is -0.152. The van der Waals surface area contributed by atoms with Crippen molar-refractivity contribution in [2.45, 2.75) is 46.1 Å². The summed E-state index contributed by atoms with van der Waals surface area (Å²) < 4.78 is 10.3. The first-order valence-corrected chi connectivity index (χ1v) is 9.49. The number of carbonyl (C=O) groups excluding carboxylic acids is 2. The van der Waals surface area contributed by atoms with Crippen molar-refractivity contribution >= 4 is 28.7 Å². The minimum atomic E-state index is -0.964. The summed E-state index contributed by atoms with van der Waals surface area (Å²) in [4.78, 5) is 28.2. The van der Waals surface area contributed by atoms with Crippen molar-refractivity contribution in [3.05, 3.63) is 46.8 Å². The van der Waals surface area contributed by atoms with Gasteiger partial charge in [0.2, 0.25) is 5.88 Å². The van der Waals surface area contributed by atoms with E-state index in [0.717, 1.165) is 23.7 Å². The highest BCUT2D eigenvalue weighted by molar-refractivity contribution is 5.99. The number of anilines is 1. The highest BCUT2D eigenvalue weighted by Gasteiger charge is 2.23. The lowest BCUT2D eigenvalue weighted by atomic mass is 9.87. The van der Waals surface area contributed by atoms with Crippen LogP contribution in [0.25, 0.3) is 10.9 Å². The molecule has 28 heavy (non-hydrogen) atoms. The predicted octanol–water partition coefficient (Wildman–Crippen LogP) is 3.77. The van der Waals surface area contributed by atoms with Crippen LogP contribution in [-0.2, 0) is 22.4 Å². The lowest BCUT2D eigenvalue weighted by Crippen LogP contribution is -2.29. The van der Waals surface area contributed by atoms with E-state index in [1.807, 2.05) is 12.1 Å². The maximum atomic E-state index is 12.6. The van der Waals surface area contributed by atoms with Crippen LogP contribution in [-0.4, -0.2) is 28.1 Å². The van der Waals surface area contributed by atoms with Crippen molar-refractivity contribution in [3.8, 4) is 0 Å². The van der Waals surface area contributed by atoms with Gasteiger partial charge in [0.25, 0.3) is 5.91 Å². The number of hydrogen-bond donors (Lipinski definition) is 2. The first kappa shape index (κ1) is 18.3. The summed E-state index contributed by atoms with van der Waals surface area (Å²) in [6.45, 7) is 5.52. The molecule has 1 aliphatic carbocycles. The molecule has 146 valence electrons. The molecule has 1 aromatic carbocycles. The first-order valence-electron chi connectivity index (χ1n) is 9.49. The second kappa shape index (κ2) is 7.14. The summed E-state index contributed by atoms with van der Waals surface area (Å²) >= 11 is 0. The van der Waals surface area contributed by atoms with Crippen molar-refractivity contribution in [2.24, 2.45) is 5.92 Å². The molecule has 0 saturated heterocycles. The van der Waals surface area contributed by atoms with Gasteiger partial charge in [0.15, 0.2) is 6.10 Å². The molecule has 0 spiro atoms. The van der Waals surface area contributed by atoms with Crippen LogP contribution in [0.3, 0.4) is 0 Å². The maximum absolute atomic E-state index is 12.6. The lowest BCUT2D eigenvalue weighted by molar-refractivity contribution is -0.123. The minimum absolute atomic E-state index is 0.222. The van der Waals surface area contributed by atoms with Crippen LogP contribution in [0.2, 0.25) is 0 Å². The number of ether oxygens (including phenoxy) is 1. The number of aromatic nitrogens is 2. The van der Waals surface area contributed by atoms with E-state index in [9.17, 15) is 9.59 Å². The molecule has 2 heterocycles. The number of H-pyrrole nitrogens is 1. The van der Waals surface area contributed by atoms with Crippen LogP contribution in [0, 0.1) is 12.8 Å². The van der Waals surface area contributed by atoms with E-state index in [1.165, 1.54) is 24.6 Å². The summed E-state index contributed by atoms with van der Waals surface area (Å²) in [5, 5.41) is 7.30. The van der Waals surface area contributed by atoms with Gasteiger partial charge in [0.1, 0.15) is 0 Å². The van der Waals surface area contributed by atoms with Crippen LogP contribution >= 0.6 is 0 Å². The van der Waals surface area contributed by atoms with Gasteiger partial charge in [0, 0.05) is 22.7 Å². The number of amides is 1. The number of carbonyl (C=O) groups is 2. The van der Waals surface area contributed by atoms with E-state index in [2.05, 4.69) is 22.4 Å². The number of hydrogen-bond acceptors (Lipinski definition) is 5. The number of aryl methyl sites for hydroxylation is 2. The monoisotopic (exact) mass is 381 g/mol. The zero-order chi connectivity index (χ0) is 19.8.